The van der Waals surface area contributed by atoms with E-state index < -0.39 is 0 Å². The summed E-state index contributed by atoms with van der Waals surface area (Å²) >= 11 is 3.51. The highest BCUT2D eigenvalue weighted by Crippen LogP contribution is 2.38. The Labute approximate surface area is 127 Å². The summed E-state index contributed by atoms with van der Waals surface area (Å²) in [5.41, 5.74) is 7.60. The molecule has 2 heterocycles. The minimum atomic E-state index is 0.0154. The van der Waals surface area contributed by atoms with Gasteiger partial charge in [0.15, 0.2) is 5.69 Å². The van der Waals surface area contributed by atoms with Crippen LogP contribution in [0.4, 0.5) is 0 Å². The molecule has 3 atom stereocenters. The second-order valence-electron chi connectivity index (χ2n) is 6.33. The number of rotatable bonds is 2. The summed E-state index contributed by atoms with van der Waals surface area (Å²) in [5, 5.41) is 7.17. The molecule has 5 nitrogen and oxygen atoms in total. The zero-order valence-corrected chi connectivity index (χ0v) is 13.5. The van der Waals surface area contributed by atoms with Gasteiger partial charge >= 0.3 is 0 Å². The number of hydrogen-bond donors (Lipinski definition) is 2. The van der Waals surface area contributed by atoms with Crippen molar-refractivity contribution in [3.8, 4) is 0 Å². The van der Waals surface area contributed by atoms with Gasteiger partial charge in [0.25, 0.3) is 5.91 Å². The van der Waals surface area contributed by atoms with Crippen LogP contribution in [0.3, 0.4) is 0 Å². The Bertz CT molecular complexity index is 527. The Balaban J connectivity index is 1.77. The lowest BCUT2D eigenvalue weighted by Crippen LogP contribution is -2.33. The Morgan fingerprint density at radius 1 is 1.45 bits per heavy atom. The zero-order valence-electron chi connectivity index (χ0n) is 11.9. The predicted molar refractivity (Wildman–Crippen MR) is 80.5 cm³/mol. The maximum Gasteiger partial charge on any atom is 0.275 e. The van der Waals surface area contributed by atoms with Crippen LogP contribution in [0.15, 0.2) is 4.47 Å². The highest BCUT2D eigenvalue weighted by molar-refractivity contribution is 9.10. The molecule has 3 unspecified atom stereocenters. The molecule has 1 amide bonds. The molecule has 6 heteroatoms. The van der Waals surface area contributed by atoms with E-state index in [0.29, 0.717) is 23.4 Å². The molecule has 3 N–H and O–H groups in total. The van der Waals surface area contributed by atoms with Crippen LogP contribution in [0.2, 0.25) is 0 Å². The third-order valence-corrected chi connectivity index (χ3v) is 5.51. The van der Waals surface area contributed by atoms with Crippen molar-refractivity contribution in [1.82, 2.24) is 15.1 Å². The summed E-state index contributed by atoms with van der Waals surface area (Å²) in [6, 6.07) is 0.256. The first-order valence-corrected chi connectivity index (χ1v) is 8.07. The van der Waals surface area contributed by atoms with Crippen molar-refractivity contribution in [2.75, 3.05) is 13.1 Å². The van der Waals surface area contributed by atoms with Crippen molar-refractivity contribution in [2.24, 2.45) is 17.6 Å². The average molecular weight is 341 g/mol. The number of likely N-dealkylation sites (tertiary alicyclic amines) is 1. The molecule has 1 aliphatic carbocycles. The maximum absolute atomic E-state index is 12.6. The van der Waals surface area contributed by atoms with Crippen molar-refractivity contribution >= 4 is 21.8 Å². The number of nitrogens with two attached hydrogens (primary N) is 1. The summed E-state index contributed by atoms with van der Waals surface area (Å²) in [5.74, 6) is 1.38. The van der Waals surface area contributed by atoms with Crippen molar-refractivity contribution in [2.45, 2.75) is 38.6 Å². The number of nitrogens with zero attached hydrogens (tertiary/aromatic N) is 2. The van der Waals surface area contributed by atoms with Crippen LogP contribution in [0, 0.1) is 11.8 Å². The topological polar surface area (TPSA) is 75.0 Å². The van der Waals surface area contributed by atoms with Gasteiger partial charge in [-0.05, 0) is 46.5 Å². The molecule has 20 heavy (non-hydrogen) atoms. The normalized spacial score (nSPS) is 29.2. The van der Waals surface area contributed by atoms with Gasteiger partial charge in [0.05, 0.1) is 10.2 Å². The minimum Gasteiger partial charge on any atom is -0.337 e. The van der Waals surface area contributed by atoms with E-state index in [2.05, 4.69) is 40.0 Å². The Morgan fingerprint density at radius 3 is 2.80 bits per heavy atom. The molecule has 1 aromatic heterocycles. The number of nitrogens with one attached hydrogen (secondary N) is 1. The molecule has 0 spiro atoms. The van der Waals surface area contributed by atoms with E-state index in [9.17, 15) is 4.79 Å². The number of hydrogen-bond acceptors (Lipinski definition) is 3. The van der Waals surface area contributed by atoms with E-state index in [-0.39, 0.29) is 11.9 Å². The molecule has 1 saturated carbocycles. The molecular formula is C14H21BrN4O. The van der Waals surface area contributed by atoms with Crippen LogP contribution in [0.25, 0.3) is 0 Å². The second-order valence-corrected chi connectivity index (χ2v) is 7.12. The van der Waals surface area contributed by atoms with Crippen molar-refractivity contribution in [3.05, 3.63) is 15.9 Å². The maximum atomic E-state index is 12.6. The first kappa shape index (κ1) is 14.1. The number of carbonyl (C=O) groups excluding carboxylic acids is 1. The number of aromatic amines is 1. The van der Waals surface area contributed by atoms with E-state index >= 15 is 0 Å². The molecule has 1 saturated heterocycles. The molecule has 3 rings (SSSR count). The first-order valence-electron chi connectivity index (χ1n) is 7.27. The third kappa shape index (κ3) is 2.19. The number of aromatic nitrogens is 2. The average Bonchev–Trinajstić information content (AvgIpc) is 3.05. The zero-order chi connectivity index (χ0) is 14.4. The van der Waals surface area contributed by atoms with E-state index in [0.717, 1.165) is 36.1 Å². The largest absolute Gasteiger partial charge is 0.337 e. The van der Waals surface area contributed by atoms with E-state index in [1.807, 2.05) is 4.90 Å². The van der Waals surface area contributed by atoms with Crippen LogP contribution >= 0.6 is 15.9 Å². The molecule has 110 valence electrons. The molecule has 0 bridgehead atoms. The van der Waals surface area contributed by atoms with Crippen LogP contribution < -0.4 is 5.73 Å². The smallest absolute Gasteiger partial charge is 0.275 e. The summed E-state index contributed by atoms with van der Waals surface area (Å²) < 4.78 is 0.804. The van der Waals surface area contributed by atoms with Crippen LogP contribution in [0.5, 0.6) is 0 Å². The summed E-state index contributed by atoms with van der Waals surface area (Å²) in [6.07, 6.45) is 2.25. The van der Waals surface area contributed by atoms with Gasteiger partial charge < -0.3 is 10.6 Å². The fraction of sp³-hybridized carbons (Fsp3) is 0.714. The highest BCUT2D eigenvalue weighted by Gasteiger charge is 2.43. The quantitative estimate of drug-likeness (QED) is 0.865. The molecule has 1 aliphatic heterocycles. The van der Waals surface area contributed by atoms with Gasteiger partial charge in [0.1, 0.15) is 0 Å². The number of H-pyrrole nitrogens is 1. The van der Waals surface area contributed by atoms with Crippen LogP contribution in [-0.4, -0.2) is 40.1 Å². The lowest BCUT2D eigenvalue weighted by Gasteiger charge is -2.17. The highest BCUT2D eigenvalue weighted by atomic mass is 79.9. The van der Waals surface area contributed by atoms with Crippen molar-refractivity contribution in [1.29, 1.82) is 0 Å². The van der Waals surface area contributed by atoms with Crippen molar-refractivity contribution < 1.29 is 4.79 Å². The SMILES string of the molecule is CC(C)c1[nH]nc(C(=O)N2CC3CCC(N)C3C2)c1Br. The summed E-state index contributed by atoms with van der Waals surface area (Å²) in [6.45, 7) is 5.76. The number of fused-ring (bicyclic) bond motifs is 1. The predicted octanol–water partition coefficient (Wildman–Crippen LogP) is 2.10. The van der Waals surface area contributed by atoms with Gasteiger partial charge in [-0.15, -0.1) is 0 Å². The monoisotopic (exact) mass is 340 g/mol. The van der Waals surface area contributed by atoms with E-state index in [4.69, 9.17) is 5.73 Å². The van der Waals surface area contributed by atoms with Gasteiger partial charge in [-0.2, -0.15) is 5.10 Å². The summed E-state index contributed by atoms with van der Waals surface area (Å²) in [4.78, 5) is 14.5. The third-order valence-electron chi connectivity index (χ3n) is 4.71. The molecular weight excluding hydrogens is 320 g/mol. The molecule has 0 aromatic carbocycles. The fourth-order valence-electron chi connectivity index (χ4n) is 3.49. The van der Waals surface area contributed by atoms with Crippen molar-refractivity contribution in [3.63, 3.8) is 0 Å². The Hall–Kier alpha value is -0.880. The minimum absolute atomic E-state index is 0.0154. The van der Waals surface area contributed by atoms with E-state index in [1.165, 1.54) is 0 Å². The number of halogens is 1. The molecule has 2 fully saturated rings. The number of amides is 1. The Morgan fingerprint density at radius 2 is 2.20 bits per heavy atom. The van der Waals surface area contributed by atoms with E-state index in [1.54, 1.807) is 0 Å². The lowest BCUT2D eigenvalue weighted by atomic mass is 9.98. The second kappa shape index (κ2) is 5.15. The molecule has 1 aromatic rings. The van der Waals surface area contributed by atoms with Gasteiger partial charge in [-0.1, -0.05) is 13.8 Å². The standard InChI is InChI=1S/C14H21BrN4O/c1-7(2)12-11(15)13(18-17-12)14(20)19-5-8-3-4-10(16)9(8)6-19/h7-10H,3-6,16H2,1-2H3,(H,17,18). The summed E-state index contributed by atoms with van der Waals surface area (Å²) in [7, 11) is 0. The number of carbonyl (C=O) groups is 1. The van der Waals surface area contributed by atoms with Crippen LogP contribution in [-0.2, 0) is 0 Å². The molecule has 0 radical (unpaired) electrons. The van der Waals surface area contributed by atoms with Gasteiger partial charge in [0, 0.05) is 19.1 Å². The van der Waals surface area contributed by atoms with Crippen LogP contribution in [0.1, 0.15) is 48.8 Å². The van der Waals surface area contributed by atoms with Gasteiger partial charge in [0.2, 0.25) is 0 Å². The Kier molecular flexibility index (Phi) is 3.62. The van der Waals surface area contributed by atoms with Gasteiger partial charge in [-0.3, -0.25) is 9.89 Å². The van der Waals surface area contributed by atoms with Gasteiger partial charge in [-0.25, -0.2) is 0 Å². The lowest BCUT2D eigenvalue weighted by molar-refractivity contribution is 0.0773. The fourth-order valence-corrected chi connectivity index (χ4v) is 4.29. The molecule has 2 aliphatic rings. The first-order chi connectivity index (χ1) is 9.49.